The Morgan fingerprint density at radius 1 is 1.35 bits per heavy atom. The summed E-state index contributed by atoms with van der Waals surface area (Å²) >= 11 is 4.82. The summed E-state index contributed by atoms with van der Waals surface area (Å²) in [6, 6.07) is 9.47. The van der Waals surface area contributed by atoms with Crippen molar-refractivity contribution in [1.29, 1.82) is 0 Å². The lowest BCUT2D eigenvalue weighted by Crippen LogP contribution is -1.99. The van der Waals surface area contributed by atoms with E-state index in [1.165, 1.54) is 11.3 Å². The van der Waals surface area contributed by atoms with E-state index < -0.39 is 0 Å². The van der Waals surface area contributed by atoms with Crippen LogP contribution in [-0.2, 0) is 0 Å². The third-order valence-electron chi connectivity index (χ3n) is 3.01. The zero-order valence-corrected chi connectivity index (χ0v) is 13.2. The van der Waals surface area contributed by atoms with Crippen LogP contribution in [0.1, 0.15) is 22.2 Å². The van der Waals surface area contributed by atoms with Gasteiger partial charge >= 0.3 is 0 Å². The molecule has 0 aliphatic carbocycles. The van der Waals surface area contributed by atoms with Crippen LogP contribution in [0.25, 0.3) is 10.9 Å². The van der Waals surface area contributed by atoms with Crippen molar-refractivity contribution in [1.82, 2.24) is 4.98 Å². The maximum absolute atomic E-state index is 12.6. The van der Waals surface area contributed by atoms with Gasteiger partial charge in [-0.2, -0.15) is 0 Å². The number of ketones is 1. The van der Waals surface area contributed by atoms with Gasteiger partial charge in [0.05, 0.1) is 26.2 Å². The number of nitrogens with one attached hydrogen (secondary N) is 1. The van der Waals surface area contributed by atoms with Gasteiger partial charge in [-0.1, -0.05) is 6.07 Å². The highest BCUT2D eigenvalue weighted by Crippen LogP contribution is 2.32. The van der Waals surface area contributed by atoms with Crippen LogP contribution in [0.3, 0.4) is 0 Å². The van der Waals surface area contributed by atoms with E-state index >= 15 is 0 Å². The van der Waals surface area contributed by atoms with Gasteiger partial charge in [-0.05, 0) is 47.1 Å². The van der Waals surface area contributed by atoms with E-state index in [0.29, 0.717) is 17.0 Å². The first-order valence-corrected chi connectivity index (χ1v) is 7.84. The minimum Gasteiger partial charge on any atom is -0.493 e. The standard InChI is InChI=1S/C15H12BrNO2S/c1-2-19-11-5-3-4-10-14(11)9(8-17-10)15(18)12-6-7-13(16)20-12/h3-8,17H,2H2,1H3. The number of ether oxygens (including phenoxy) is 1. The maximum Gasteiger partial charge on any atom is 0.205 e. The topological polar surface area (TPSA) is 42.1 Å². The number of H-pyrrole nitrogens is 1. The molecule has 102 valence electrons. The highest BCUT2D eigenvalue weighted by atomic mass is 79.9. The predicted molar refractivity (Wildman–Crippen MR) is 84.9 cm³/mol. The average molecular weight is 350 g/mol. The second-order valence-electron chi connectivity index (χ2n) is 4.25. The van der Waals surface area contributed by atoms with E-state index in [0.717, 1.165) is 20.4 Å². The van der Waals surface area contributed by atoms with Crippen molar-refractivity contribution in [2.24, 2.45) is 0 Å². The van der Waals surface area contributed by atoms with Gasteiger partial charge in [-0.3, -0.25) is 4.79 Å². The van der Waals surface area contributed by atoms with Crippen LogP contribution in [0.5, 0.6) is 5.75 Å². The Bertz CT molecular complexity index is 775. The van der Waals surface area contributed by atoms with Gasteiger partial charge in [0.1, 0.15) is 5.75 Å². The van der Waals surface area contributed by atoms with Crippen molar-refractivity contribution >= 4 is 44.0 Å². The van der Waals surface area contributed by atoms with Crippen molar-refractivity contribution in [3.63, 3.8) is 0 Å². The highest BCUT2D eigenvalue weighted by Gasteiger charge is 2.18. The second kappa shape index (κ2) is 5.42. The number of hydrogen-bond donors (Lipinski definition) is 1. The second-order valence-corrected chi connectivity index (χ2v) is 6.71. The van der Waals surface area contributed by atoms with E-state index in [2.05, 4.69) is 20.9 Å². The summed E-state index contributed by atoms with van der Waals surface area (Å²) < 4.78 is 6.58. The summed E-state index contributed by atoms with van der Waals surface area (Å²) in [5.41, 5.74) is 1.56. The molecule has 3 rings (SSSR count). The quantitative estimate of drug-likeness (QED) is 0.698. The van der Waals surface area contributed by atoms with E-state index in [-0.39, 0.29) is 5.78 Å². The average Bonchev–Trinajstić information content (AvgIpc) is 3.05. The van der Waals surface area contributed by atoms with Crippen LogP contribution >= 0.6 is 27.3 Å². The van der Waals surface area contributed by atoms with Crippen LogP contribution in [0.4, 0.5) is 0 Å². The molecule has 0 aliphatic rings. The first-order valence-electron chi connectivity index (χ1n) is 6.23. The number of carbonyl (C=O) groups excluding carboxylic acids is 1. The predicted octanol–water partition coefficient (Wildman–Crippen LogP) is 4.62. The molecular formula is C15H12BrNO2S. The summed E-state index contributed by atoms with van der Waals surface area (Å²) in [4.78, 5) is 16.5. The number of carbonyl (C=O) groups is 1. The fraction of sp³-hybridized carbons (Fsp3) is 0.133. The summed E-state index contributed by atoms with van der Waals surface area (Å²) in [5.74, 6) is 0.754. The summed E-state index contributed by atoms with van der Waals surface area (Å²) in [6.07, 6.45) is 1.75. The molecule has 0 saturated carbocycles. The van der Waals surface area contributed by atoms with Gasteiger partial charge < -0.3 is 9.72 Å². The van der Waals surface area contributed by atoms with Gasteiger partial charge in [0.25, 0.3) is 0 Å². The van der Waals surface area contributed by atoms with Crippen molar-refractivity contribution < 1.29 is 9.53 Å². The fourth-order valence-corrected chi connectivity index (χ4v) is 3.52. The lowest BCUT2D eigenvalue weighted by Gasteiger charge is -2.06. The molecule has 1 aromatic carbocycles. The van der Waals surface area contributed by atoms with Gasteiger partial charge in [0.15, 0.2) is 0 Å². The van der Waals surface area contributed by atoms with Gasteiger partial charge in [-0.25, -0.2) is 0 Å². The molecular weight excluding hydrogens is 338 g/mol. The summed E-state index contributed by atoms with van der Waals surface area (Å²) in [5, 5.41) is 0.851. The van der Waals surface area contributed by atoms with Crippen LogP contribution < -0.4 is 4.74 Å². The lowest BCUT2D eigenvalue weighted by molar-refractivity contribution is 0.104. The van der Waals surface area contributed by atoms with E-state index in [1.54, 1.807) is 6.20 Å². The summed E-state index contributed by atoms with van der Waals surface area (Å²) in [7, 11) is 0. The monoisotopic (exact) mass is 349 g/mol. The number of aromatic nitrogens is 1. The minimum atomic E-state index is 0.0131. The van der Waals surface area contributed by atoms with Crippen molar-refractivity contribution in [3.8, 4) is 5.75 Å². The molecule has 0 spiro atoms. The number of rotatable bonds is 4. The zero-order valence-electron chi connectivity index (χ0n) is 10.8. The first-order chi connectivity index (χ1) is 9.70. The van der Waals surface area contributed by atoms with E-state index in [4.69, 9.17) is 4.74 Å². The molecule has 2 heterocycles. The molecule has 2 aromatic heterocycles. The molecule has 0 atom stereocenters. The Morgan fingerprint density at radius 2 is 2.20 bits per heavy atom. The maximum atomic E-state index is 12.6. The Kier molecular flexibility index (Phi) is 3.63. The molecule has 0 radical (unpaired) electrons. The third-order valence-corrected chi connectivity index (χ3v) is 4.63. The molecule has 3 aromatic rings. The third kappa shape index (κ3) is 2.27. The lowest BCUT2D eigenvalue weighted by atomic mass is 10.1. The Balaban J connectivity index is 2.14. The SMILES string of the molecule is CCOc1cccc2[nH]cc(C(=O)c3ccc(Br)s3)c12. The van der Waals surface area contributed by atoms with Gasteiger partial charge in [-0.15, -0.1) is 11.3 Å². The molecule has 20 heavy (non-hydrogen) atoms. The number of thiophene rings is 1. The van der Waals surface area contributed by atoms with E-state index in [9.17, 15) is 4.79 Å². The first kappa shape index (κ1) is 13.4. The number of benzene rings is 1. The molecule has 0 saturated heterocycles. The van der Waals surface area contributed by atoms with Crippen LogP contribution in [0, 0.1) is 0 Å². The molecule has 0 aliphatic heterocycles. The highest BCUT2D eigenvalue weighted by molar-refractivity contribution is 9.11. The van der Waals surface area contributed by atoms with E-state index in [1.807, 2.05) is 37.3 Å². The molecule has 0 bridgehead atoms. The van der Waals surface area contributed by atoms with Crippen molar-refractivity contribution in [2.45, 2.75) is 6.92 Å². The largest absolute Gasteiger partial charge is 0.493 e. The number of fused-ring (bicyclic) bond motifs is 1. The smallest absolute Gasteiger partial charge is 0.205 e. The minimum absolute atomic E-state index is 0.0131. The molecule has 5 heteroatoms. The Labute approximate surface area is 128 Å². The van der Waals surface area contributed by atoms with Crippen LogP contribution in [-0.4, -0.2) is 17.4 Å². The molecule has 0 unspecified atom stereocenters. The summed E-state index contributed by atoms with van der Waals surface area (Å²) in [6.45, 7) is 2.51. The molecule has 0 amide bonds. The normalized spacial score (nSPS) is 10.9. The van der Waals surface area contributed by atoms with Gasteiger partial charge in [0.2, 0.25) is 5.78 Å². The molecule has 1 N–H and O–H groups in total. The van der Waals surface area contributed by atoms with Crippen LogP contribution in [0.2, 0.25) is 0 Å². The van der Waals surface area contributed by atoms with Crippen LogP contribution in [0.15, 0.2) is 40.3 Å². The fourth-order valence-electron chi connectivity index (χ4n) is 2.18. The molecule has 3 nitrogen and oxygen atoms in total. The van der Waals surface area contributed by atoms with Gasteiger partial charge in [0, 0.05) is 11.7 Å². The number of hydrogen-bond acceptors (Lipinski definition) is 3. The Morgan fingerprint density at radius 3 is 2.90 bits per heavy atom. The number of aromatic amines is 1. The molecule has 0 fully saturated rings. The number of halogens is 1. The Hall–Kier alpha value is -1.59. The van der Waals surface area contributed by atoms with Crippen molar-refractivity contribution in [3.05, 3.63) is 50.8 Å². The zero-order chi connectivity index (χ0) is 14.1. The van der Waals surface area contributed by atoms with Crippen molar-refractivity contribution in [2.75, 3.05) is 6.61 Å².